The largest absolute Gasteiger partial charge is 0.416 e. The molecule has 0 fully saturated rings. The fraction of sp³-hybridized carbons (Fsp3) is 0.227. The van der Waals surface area contributed by atoms with Crippen molar-refractivity contribution in [3.05, 3.63) is 94.5 Å². The minimum atomic E-state index is -4.41. The van der Waals surface area contributed by atoms with Crippen LogP contribution >= 0.6 is 11.6 Å². The standard InChI is InChI=1S/C22H17ClF3N3/c23-20-7-2-1-6-19(20)21(15-27,13-18-14-28-10-11-29-18)9-8-16-4-3-5-17(12-16)22(24,25)26/h1-7,10-12,14H,8-9,13H2. The third-order valence-electron chi connectivity index (χ3n) is 4.80. The molecule has 0 radical (unpaired) electrons. The average molecular weight is 416 g/mol. The topological polar surface area (TPSA) is 49.6 Å². The molecule has 0 saturated heterocycles. The summed E-state index contributed by atoms with van der Waals surface area (Å²) in [5.41, 5.74) is -0.0162. The number of hydrogen-bond donors (Lipinski definition) is 0. The number of benzene rings is 2. The van der Waals surface area contributed by atoms with Crippen molar-refractivity contribution in [2.24, 2.45) is 0 Å². The number of aromatic nitrogens is 2. The van der Waals surface area contributed by atoms with Crippen molar-refractivity contribution in [1.29, 1.82) is 5.26 Å². The number of aryl methyl sites for hydroxylation is 1. The maximum absolute atomic E-state index is 13.0. The first-order valence-corrected chi connectivity index (χ1v) is 9.29. The number of rotatable bonds is 6. The zero-order valence-corrected chi connectivity index (χ0v) is 16.1. The fourth-order valence-electron chi connectivity index (χ4n) is 3.31. The Labute approximate surface area is 171 Å². The first kappa shape index (κ1) is 20.8. The molecule has 1 aromatic heterocycles. The molecule has 3 aromatic rings. The van der Waals surface area contributed by atoms with Gasteiger partial charge in [-0.3, -0.25) is 9.97 Å². The highest BCUT2D eigenvalue weighted by Crippen LogP contribution is 2.37. The van der Waals surface area contributed by atoms with Gasteiger partial charge in [-0.15, -0.1) is 0 Å². The van der Waals surface area contributed by atoms with Crippen LogP contribution < -0.4 is 0 Å². The van der Waals surface area contributed by atoms with E-state index in [0.717, 1.165) is 12.1 Å². The highest BCUT2D eigenvalue weighted by atomic mass is 35.5. The lowest BCUT2D eigenvalue weighted by Crippen LogP contribution is -2.29. The molecular weight excluding hydrogens is 399 g/mol. The van der Waals surface area contributed by atoms with Crippen LogP contribution in [0.5, 0.6) is 0 Å². The van der Waals surface area contributed by atoms with Crippen molar-refractivity contribution in [3.63, 3.8) is 0 Å². The van der Waals surface area contributed by atoms with Gasteiger partial charge < -0.3 is 0 Å². The molecule has 0 saturated carbocycles. The van der Waals surface area contributed by atoms with Crippen LogP contribution in [0.1, 0.15) is 28.8 Å². The number of nitrogens with zero attached hydrogens (tertiary/aromatic N) is 3. The van der Waals surface area contributed by atoms with E-state index in [9.17, 15) is 18.4 Å². The first-order chi connectivity index (χ1) is 13.8. The molecule has 29 heavy (non-hydrogen) atoms. The van der Waals surface area contributed by atoms with Crippen molar-refractivity contribution in [2.45, 2.75) is 30.9 Å². The summed E-state index contributed by atoms with van der Waals surface area (Å²) in [6.07, 6.45) is 1.05. The van der Waals surface area contributed by atoms with E-state index in [1.165, 1.54) is 18.5 Å². The Morgan fingerprint density at radius 3 is 2.48 bits per heavy atom. The van der Waals surface area contributed by atoms with Gasteiger partial charge in [-0.2, -0.15) is 18.4 Å². The lowest BCUT2D eigenvalue weighted by Gasteiger charge is -2.28. The molecule has 0 N–H and O–H groups in total. The van der Waals surface area contributed by atoms with Gasteiger partial charge in [0.25, 0.3) is 0 Å². The molecule has 1 unspecified atom stereocenters. The van der Waals surface area contributed by atoms with Gasteiger partial charge in [0.05, 0.1) is 22.7 Å². The molecule has 3 nitrogen and oxygen atoms in total. The summed E-state index contributed by atoms with van der Waals surface area (Å²) in [6.45, 7) is 0. The van der Waals surface area contributed by atoms with E-state index in [1.54, 1.807) is 36.5 Å². The Hall–Kier alpha value is -2.91. The van der Waals surface area contributed by atoms with Crippen LogP contribution in [0, 0.1) is 11.3 Å². The highest BCUT2D eigenvalue weighted by Gasteiger charge is 2.35. The molecule has 1 heterocycles. The van der Waals surface area contributed by atoms with Crippen LogP contribution in [0.15, 0.2) is 67.1 Å². The molecular formula is C22H17ClF3N3. The van der Waals surface area contributed by atoms with Crippen molar-refractivity contribution >= 4 is 11.6 Å². The molecule has 0 aliphatic rings. The Balaban J connectivity index is 1.96. The number of hydrogen-bond acceptors (Lipinski definition) is 3. The van der Waals surface area contributed by atoms with E-state index in [-0.39, 0.29) is 19.3 Å². The van der Waals surface area contributed by atoms with Gasteiger partial charge in [-0.1, -0.05) is 48.0 Å². The summed E-state index contributed by atoms with van der Waals surface area (Å²) in [6, 6.07) is 14.6. The predicted octanol–water partition coefficient (Wildman–Crippen LogP) is 5.79. The Morgan fingerprint density at radius 1 is 1.03 bits per heavy atom. The summed E-state index contributed by atoms with van der Waals surface area (Å²) < 4.78 is 39.1. The molecule has 3 rings (SSSR count). The van der Waals surface area contributed by atoms with E-state index < -0.39 is 17.2 Å². The van der Waals surface area contributed by atoms with Crippen LogP contribution in [0.25, 0.3) is 0 Å². The van der Waals surface area contributed by atoms with Crippen LogP contribution in [-0.4, -0.2) is 9.97 Å². The highest BCUT2D eigenvalue weighted by molar-refractivity contribution is 6.31. The number of alkyl halides is 3. The number of halogens is 4. The van der Waals surface area contributed by atoms with E-state index in [0.29, 0.717) is 21.8 Å². The second kappa shape index (κ2) is 8.62. The average Bonchev–Trinajstić information content (AvgIpc) is 2.72. The van der Waals surface area contributed by atoms with Crippen molar-refractivity contribution in [1.82, 2.24) is 9.97 Å². The maximum Gasteiger partial charge on any atom is 0.416 e. The van der Waals surface area contributed by atoms with Gasteiger partial charge >= 0.3 is 6.18 Å². The normalized spacial score (nSPS) is 13.5. The van der Waals surface area contributed by atoms with Gasteiger partial charge in [-0.05, 0) is 36.1 Å². The maximum atomic E-state index is 13.0. The van der Waals surface area contributed by atoms with Crippen molar-refractivity contribution < 1.29 is 13.2 Å². The zero-order valence-electron chi connectivity index (χ0n) is 15.3. The fourth-order valence-corrected chi connectivity index (χ4v) is 3.63. The molecule has 0 spiro atoms. The molecule has 0 amide bonds. The summed E-state index contributed by atoms with van der Waals surface area (Å²) in [7, 11) is 0. The molecule has 0 aliphatic heterocycles. The van der Waals surface area contributed by atoms with Gasteiger partial charge in [0.15, 0.2) is 0 Å². The summed E-state index contributed by atoms with van der Waals surface area (Å²) in [5.74, 6) is 0. The molecule has 148 valence electrons. The Bertz CT molecular complexity index is 1020. The van der Waals surface area contributed by atoms with E-state index in [2.05, 4.69) is 16.0 Å². The number of nitriles is 1. The second-order valence-electron chi connectivity index (χ2n) is 6.75. The third kappa shape index (κ3) is 4.93. The monoisotopic (exact) mass is 415 g/mol. The lowest BCUT2D eigenvalue weighted by molar-refractivity contribution is -0.137. The molecule has 2 aromatic carbocycles. The van der Waals surface area contributed by atoms with Crippen LogP contribution in [0.4, 0.5) is 13.2 Å². The lowest BCUT2D eigenvalue weighted by atomic mass is 9.73. The van der Waals surface area contributed by atoms with Crippen molar-refractivity contribution in [2.75, 3.05) is 0 Å². The summed E-state index contributed by atoms with van der Waals surface area (Å²) >= 11 is 6.38. The summed E-state index contributed by atoms with van der Waals surface area (Å²) in [5, 5.41) is 10.6. The van der Waals surface area contributed by atoms with Gasteiger partial charge in [0.2, 0.25) is 0 Å². The van der Waals surface area contributed by atoms with Crippen LogP contribution in [0.2, 0.25) is 5.02 Å². The van der Waals surface area contributed by atoms with Gasteiger partial charge in [0, 0.05) is 30.0 Å². The smallest absolute Gasteiger partial charge is 0.261 e. The quantitative estimate of drug-likeness (QED) is 0.512. The van der Waals surface area contributed by atoms with Crippen LogP contribution in [-0.2, 0) is 24.4 Å². The molecule has 0 aliphatic carbocycles. The van der Waals surface area contributed by atoms with Crippen LogP contribution in [0.3, 0.4) is 0 Å². The van der Waals surface area contributed by atoms with E-state index in [1.807, 2.05) is 0 Å². The van der Waals surface area contributed by atoms with E-state index >= 15 is 0 Å². The predicted molar refractivity (Wildman–Crippen MR) is 104 cm³/mol. The molecule has 1 atom stereocenters. The summed E-state index contributed by atoms with van der Waals surface area (Å²) in [4.78, 5) is 8.31. The molecule has 7 heteroatoms. The Kier molecular flexibility index (Phi) is 6.19. The van der Waals surface area contributed by atoms with Gasteiger partial charge in [-0.25, -0.2) is 0 Å². The molecule has 0 bridgehead atoms. The van der Waals surface area contributed by atoms with Gasteiger partial charge in [0.1, 0.15) is 0 Å². The van der Waals surface area contributed by atoms with Crippen molar-refractivity contribution in [3.8, 4) is 6.07 Å². The second-order valence-corrected chi connectivity index (χ2v) is 7.15. The third-order valence-corrected chi connectivity index (χ3v) is 5.13. The van der Waals surface area contributed by atoms with E-state index in [4.69, 9.17) is 11.6 Å². The SMILES string of the molecule is N#CC(CCc1cccc(C(F)(F)F)c1)(Cc1cnccn1)c1ccccc1Cl. The Morgan fingerprint density at radius 2 is 1.83 bits per heavy atom. The first-order valence-electron chi connectivity index (χ1n) is 8.91. The zero-order chi connectivity index (χ0) is 20.9. The minimum absolute atomic E-state index is 0.250. The minimum Gasteiger partial charge on any atom is -0.261 e.